The maximum atomic E-state index is 14.8. The van der Waals surface area contributed by atoms with Crippen LogP contribution >= 0.6 is 0 Å². The predicted molar refractivity (Wildman–Crippen MR) is 429 cm³/mol. The average molecular weight is 2350 g/mol. The largest absolute Gasteiger partial charge is 0.440 e. The maximum absolute atomic E-state index is 14.8. The normalized spacial score (nSPS) is 16.8. The topological polar surface area (TPSA) is 793 Å². The molecule has 0 aromatic heterocycles. The number of hydrogen-bond donors (Lipinski definition) is 31. The summed E-state index contributed by atoms with van der Waals surface area (Å²) >= 11 is 0. The van der Waals surface area contributed by atoms with E-state index in [-0.39, 0.29) is 0 Å². The van der Waals surface area contributed by atoms with Gasteiger partial charge in [0.15, 0.2) is 16.2 Å². The molecule has 31 N–H and O–H groups in total. The lowest BCUT2D eigenvalue weighted by molar-refractivity contribution is 0.289. The number of rotatable bonds is 66. The SMILES string of the molecule is CO[Si]([Si])(O[Si]([Si](O[Si]O)([Si]O)[Si]O)([Si](O[Si]O)([Si]O)[Si]O)[Si](O[Si](O[Si]O)([Si]O)[Si]O)([Si](O[Si](C)(C)O[Si](C)(C)C)(O[Si](O[Si](O[Si](C)O)([Si]O)[Si]O)([Si](O[Si]O)([Si]O)[Si]O)[Si](O[Si]O)([Si]O)[Si]O)[Si](O[Si](O[Si]O)([Si]O)[Si]O)([Si](O[Si]O)([Si]O)[Si]O)[Si](O[Si]O)([Si]O)[Si]O)[Si](O[Si]O)([Si]O)[Si](C)(C)O)[Si]O. The molecule has 0 aromatic carbocycles. The molecular formula is C9H58O49Si50. The second kappa shape index (κ2) is 51.2. The van der Waals surface area contributed by atoms with Crippen molar-refractivity contribution in [2.24, 2.45) is 0 Å². The third kappa shape index (κ3) is 23.1. The molecule has 0 saturated carbocycles. The van der Waals surface area contributed by atoms with E-state index in [4.69, 9.17) is 74.4 Å². The molecule has 99 heteroatoms. The van der Waals surface area contributed by atoms with E-state index in [1.54, 1.807) is 0 Å². The highest BCUT2D eigenvalue weighted by atomic mass is 30.5. The van der Waals surface area contributed by atoms with Crippen LogP contribution in [0.5, 0.6) is 0 Å². The van der Waals surface area contributed by atoms with E-state index in [1.165, 1.54) is 19.6 Å². The van der Waals surface area contributed by atoms with Gasteiger partial charge in [-0.15, -0.1) is 0 Å². The van der Waals surface area contributed by atoms with Crippen LogP contribution in [0, 0.1) is 0 Å². The first-order chi connectivity index (χ1) is 50.4. The highest BCUT2D eigenvalue weighted by Gasteiger charge is 3.06. The lowest BCUT2D eigenvalue weighted by Gasteiger charge is -2.74. The Morgan fingerprint density at radius 1 is 0.278 bits per heavy atom. The van der Waals surface area contributed by atoms with Crippen molar-refractivity contribution < 1.29 is 223 Å². The Morgan fingerprint density at radius 3 is 0.796 bits per heavy atom. The van der Waals surface area contributed by atoms with E-state index in [1.807, 2.05) is 0 Å². The molecule has 0 rings (SSSR count). The van der Waals surface area contributed by atoms with E-state index in [2.05, 4.69) is 9.76 Å². The van der Waals surface area contributed by atoms with Gasteiger partial charge in [-0.1, -0.05) is 0 Å². The van der Waals surface area contributed by atoms with Gasteiger partial charge in [0.05, 0.1) is 9.76 Å². The summed E-state index contributed by atoms with van der Waals surface area (Å²) < 4.78 is 125. The van der Waals surface area contributed by atoms with Crippen molar-refractivity contribution in [1.82, 2.24) is 0 Å². The molecule has 0 aliphatic heterocycles. The molecule has 108 heavy (non-hydrogen) atoms. The molecule has 0 bridgehead atoms. The number of hydrogen-bond acceptors (Lipinski definition) is 49. The minimum absolute atomic E-state index is 0.706. The first-order valence-electron chi connectivity index (χ1n) is 26.5. The molecule has 0 saturated heterocycles. The van der Waals surface area contributed by atoms with Gasteiger partial charge in [-0.25, -0.2) is 0 Å². The third-order valence-electron chi connectivity index (χ3n) is 13.5. The van der Waals surface area contributed by atoms with Crippen LogP contribution in [0.1, 0.15) is 0 Å². The minimum Gasteiger partial charge on any atom is -0.440 e. The van der Waals surface area contributed by atoms with E-state index in [0.29, 0.717) is 7.11 Å². The molecular weight excluding hydrogens is 2300 g/mol. The summed E-state index contributed by atoms with van der Waals surface area (Å²) in [6.45, 7) is -65.6. The molecule has 4 atom stereocenters. The summed E-state index contributed by atoms with van der Waals surface area (Å²) in [6, 6.07) is 0. The minimum atomic E-state index is -9.05. The molecule has 4 unspecified atom stereocenters. The van der Waals surface area contributed by atoms with Gasteiger partial charge < -0.3 is 223 Å². The Morgan fingerprint density at radius 2 is 0.565 bits per heavy atom. The first-order valence-corrected chi connectivity index (χ1v) is 127. The Balaban J connectivity index is 16.6. The molecule has 0 heterocycles. The molecule has 0 amide bonds. The highest BCUT2D eigenvalue weighted by Crippen LogP contribution is 2.59. The van der Waals surface area contributed by atoms with Crippen LogP contribution in [0.3, 0.4) is 0 Å². The average Bonchev–Trinajstić information content (AvgIpc) is 0.623. The Kier molecular flexibility index (Phi) is 55.4. The predicted octanol–water partition coefficient (Wildman–Crippen LogP) is -32.7. The monoisotopic (exact) mass is 2350 g/mol. The van der Waals surface area contributed by atoms with Gasteiger partial charge in [-0.2, -0.15) is 0 Å². The van der Waals surface area contributed by atoms with Crippen molar-refractivity contribution in [2.45, 2.75) is 52.4 Å². The quantitative estimate of drug-likeness (QED) is 0.0251. The lowest BCUT2D eigenvalue weighted by Crippen LogP contribution is -3.18. The van der Waals surface area contributed by atoms with Crippen LogP contribution in [-0.2, 0) is 74.4 Å². The summed E-state index contributed by atoms with van der Waals surface area (Å²) in [6.07, 6.45) is 0. The standard InChI is InChI=1S/C9H58O49Si50/c1-41-93(59,69-19)54-108(103(84-34,85-35)48-66-16,104(86-36,87-37)49-67-17)107(57-95(72-22,73-23)43-61-11,105(88-38,50-68-18)91(6,7)40)98(53-92(8,9)52-90(3,4)5,106(101(80-30,81-31)46-64-14,102(82-32,83-33)47-65-15)56-94(70-20,71-21)42-60-10)58-97(99(76-26,77-27)44-62-12,100(78-28,79-29)45-63-13)55-96(74-24,75-25)51-89(2)39/h10-40H,1-9H3. The summed E-state index contributed by atoms with van der Waals surface area (Å²) in [7, 11) is -129. The fourth-order valence-corrected chi connectivity index (χ4v) is 708. The van der Waals surface area contributed by atoms with Gasteiger partial charge in [0.1, 0.15) is 0 Å². The van der Waals surface area contributed by atoms with Gasteiger partial charge >= 0.3 is 153 Å². The highest BCUT2D eigenvalue weighted by molar-refractivity contribution is 8.30. The van der Waals surface area contributed by atoms with Gasteiger partial charge in [0.2, 0.25) is 162 Å². The van der Waals surface area contributed by atoms with Crippen LogP contribution in [-0.4, -0.2) is 589 Å². The molecule has 62 radical (unpaired) electrons. The zero-order valence-corrected chi connectivity index (χ0v) is 105. The molecule has 0 aromatic rings. The molecule has 0 fully saturated rings. The van der Waals surface area contributed by atoms with E-state index < -0.39 is 424 Å². The Bertz CT molecular complexity index is 2400. The van der Waals surface area contributed by atoms with Crippen molar-refractivity contribution in [3.8, 4) is 0 Å². The van der Waals surface area contributed by atoms with Crippen molar-refractivity contribution in [1.29, 1.82) is 0 Å². The first kappa shape index (κ1) is 117. The van der Waals surface area contributed by atoms with E-state index in [9.17, 15) is 149 Å². The van der Waals surface area contributed by atoms with Crippen molar-refractivity contribution in [3.63, 3.8) is 0 Å². The van der Waals surface area contributed by atoms with Crippen molar-refractivity contribution in [2.75, 3.05) is 7.11 Å². The van der Waals surface area contributed by atoms with E-state index >= 15 is 0 Å². The summed E-state index contributed by atoms with van der Waals surface area (Å²) in [5.41, 5.74) is 0. The molecule has 0 spiro atoms. The van der Waals surface area contributed by atoms with Crippen molar-refractivity contribution >= 4 is 434 Å². The van der Waals surface area contributed by atoms with Crippen LogP contribution in [0.15, 0.2) is 0 Å². The summed E-state index contributed by atoms with van der Waals surface area (Å²) in [4.78, 5) is 394. The molecule has 0 aliphatic rings. The zero-order valence-electron chi connectivity index (χ0n) is 55.2. The van der Waals surface area contributed by atoms with Gasteiger partial charge in [-0.3, -0.25) is 0 Å². The smallest absolute Gasteiger partial charge is 0.420 e. The second-order valence-corrected chi connectivity index (χ2v) is 232. The fraction of sp³-hybridized carbons (Fsp3) is 1.00. The Labute approximate surface area is 708 Å². The third-order valence-corrected chi connectivity index (χ3v) is 398. The van der Waals surface area contributed by atoms with Crippen LogP contribution in [0.25, 0.3) is 0 Å². The van der Waals surface area contributed by atoms with Gasteiger partial charge in [-0.05, 0) is 52.4 Å². The van der Waals surface area contributed by atoms with Crippen LogP contribution in [0.2, 0.25) is 52.4 Å². The van der Waals surface area contributed by atoms with Crippen molar-refractivity contribution in [3.05, 3.63) is 0 Å². The molecule has 49 nitrogen and oxygen atoms in total. The van der Waals surface area contributed by atoms with Crippen LogP contribution in [0.4, 0.5) is 0 Å². The van der Waals surface area contributed by atoms with Gasteiger partial charge in [0.25, 0.3) is 92.4 Å². The van der Waals surface area contributed by atoms with E-state index in [0.717, 1.165) is 32.7 Å². The lowest BCUT2D eigenvalue weighted by atomic mass is 11.8. The zero-order chi connectivity index (χ0) is 84.3. The summed E-state index contributed by atoms with van der Waals surface area (Å²) in [5, 5.41) is 0. The van der Waals surface area contributed by atoms with Crippen LogP contribution < -0.4 is 0 Å². The fourth-order valence-electron chi connectivity index (χ4n) is 10.0. The maximum Gasteiger partial charge on any atom is 0.420 e. The second-order valence-electron chi connectivity index (χ2n) is 21.1. The summed E-state index contributed by atoms with van der Waals surface area (Å²) in [5.74, 6) is 0. The molecule has 588 valence electrons. The molecule has 0 aliphatic carbocycles. The Hall–Kier alpha value is 8.88. The van der Waals surface area contributed by atoms with Gasteiger partial charge in [0, 0.05) is 7.11 Å².